The minimum atomic E-state index is 0.00992. The minimum Gasteiger partial charge on any atom is -0.375 e. The van der Waals surface area contributed by atoms with Gasteiger partial charge in [0.15, 0.2) is 15.6 Å². The van der Waals surface area contributed by atoms with Crippen LogP contribution < -0.4 is 11.3 Å². The van der Waals surface area contributed by atoms with E-state index in [4.69, 9.17) is 5.73 Å². The topological polar surface area (TPSA) is 86.7 Å². The van der Waals surface area contributed by atoms with Gasteiger partial charge < -0.3 is 10.3 Å². The van der Waals surface area contributed by atoms with E-state index in [-0.39, 0.29) is 5.56 Å². The van der Waals surface area contributed by atoms with E-state index < -0.39 is 0 Å². The third kappa shape index (κ3) is 1.87. The Morgan fingerprint density at radius 2 is 2.20 bits per heavy atom. The van der Waals surface area contributed by atoms with Gasteiger partial charge in [-0.3, -0.25) is 4.79 Å². The van der Waals surface area contributed by atoms with Crippen LogP contribution in [0, 0.1) is 0 Å². The fraction of sp³-hybridized carbons (Fsp3) is 0.231. The molecule has 100 valence electrons. The summed E-state index contributed by atoms with van der Waals surface area (Å²) in [4.78, 5) is 25.5. The average Bonchev–Trinajstić information content (AvgIpc) is 3.19. The van der Waals surface area contributed by atoms with Crippen molar-refractivity contribution in [2.75, 3.05) is 5.73 Å². The first kappa shape index (κ1) is 11.5. The van der Waals surface area contributed by atoms with Crippen molar-refractivity contribution in [3.63, 3.8) is 0 Å². The summed E-state index contributed by atoms with van der Waals surface area (Å²) in [5.74, 6) is 0. The molecule has 3 aromatic rings. The Bertz CT molecular complexity index is 865. The molecule has 6 nitrogen and oxygen atoms in total. The molecule has 0 radical (unpaired) electrons. The molecule has 3 heterocycles. The molecular formula is C13H11N5OS. The van der Waals surface area contributed by atoms with Gasteiger partial charge in [-0.25, -0.2) is 9.97 Å². The highest BCUT2D eigenvalue weighted by Crippen LogP contribution is 2.33. The highest BCUT2D eigenvalue weighted by molar-refractivity contribution is 7.21. The number of fused-ring (bicyclic) bond motifs is 1. The zero-order valence-electron chi connectivity index (χ0n) is 10.5. The van der Waals surface area contributed by atoms with Crippen molar-refractivity contribution in [2.24, 2.45) is 0 Å². The Morgan fingerprint density at radius 1 is 1.35 bits per heavy atom. The highest BCUT2D eigenvalue weighted by atomic mass is 32.1. The van der Waals surface area contributed by atoms with Crippen molar-refractivity contribution in [2.45, 2.75) is 18.9 Å². The number of hydrogen-bond acceptors (Lipinski definition) is 6. The fourth-order valence-electron chi connectivity index (χ4n) is 2.18. The van der Waals surface area contributed by atoms with Crippen LogP contribution in [0.15, 0.2) is 29.3 Å². The molecule has 2 N–H and O–H groups in total. The minimum absolute atomic E-state index is 0.00992. The van der Waals surface area contributed by atoms with Crippen LogP contribution in [0.2, 0.25) is 0 Å². The van der Waals surface area contributed by atoms with E-state index in [2.05, 4.69) is 15.0 Å². The van der Waals surface area contributed by atoms with E-state index in [1.807, 2.05) is 12.3 Å². The van der Waals surface area contributed by atoms with E-state index in [0.29, 0.717) is 27.3 Å². The van der Waals surface area contributed by atoms with Crippen LogP contribution >= 0.6 is 11.3 Å². The van der Waals surface area contributed by atoms with Gasteiger partial charge in [0.25, 0.3) is 5.56 Å². The van der Waals surface area contributed by atoms with Gasteiger partial charge >= 0.3 is 0 Å². The summed E-state index contributed by atoms with van der Waals surface area (Å²) in [6.45, 7) is 0. The van der Waals surface area contributed by atoms with Crippen LogP contribution in [0.4, 0.5) is 5.13 Å². The molecule has 7 heteroatoms. The van der Waals surface area contributed by atoms with E-state index in [9.17, 15) is 4.79 Å². The summed E-state index contributed by atoms with van der Waals surface area (Å²) in [6, 6.07) is 3.89. The lowest BCUT2D eigenvalue weighted by Crippen LogP contribution is -2.17. The van der Waals surface area contributed by atoms with Gasteiger partial charge in [0.05, 0.1) is 11.9 Å². The number of anilines is 1. The first-order chi connectivity index (χ1) is 9.70. The van der Waals surface area contributed by atoms with Crippen LogP contribution in [0.5, 0.6) is 0 Å². The maximum Gasteiger partial charge on any atom is 0.251 e. The molecule has 0 bridgehead atoms. The predicted octanol–water partition coefficient (Wildman–Crippen LogP) is 1.83. The lowest BCUT2D eigenvalue weighted by Gasteiger charge is -2.04. The van der Waals surface area contributed by atoms with Crippen LogP contribution in [0.25, 0.3) is 21.7 Å². The summed E-state index contributed by atoms with van der Waals surface area (Å²) < 4.78 is 1.78. The summed E-state index contributed by atoms with van der Waals surface area (Å²) in [6.07, 6.45) is 5.64. The van der Waals surface area contributed by atoms with Crippen molar-refractivity contribution >= 4 is 26.9 Å². The fourth-order valence-corrected chi connectivity index (χ4v) is 2.84. The Morgan fingerprint density at radius 3 is 2.95 bits per heavy atom. The van der Waals surface area contributed by atoms with Crippen molar-refractivity contribution < 1.29 is 0 Å². The van der Waals surface area contributed by atoms with Crippen LogP contribution in [-0.2, 0) is 0 Å². The molecule has 0 saturated heterocycles. The number of rotatable bonds is 2. The molecule has 0 spiro atoms. The van der Waals surface area contributed by atoms with E-state index in [1.54, 1.807) is 16.8 Å². The molecule has 0 aliphatic heterocycles. The molecule has 1 saturated carbocycles. The molecule has 0 atom stereocenters. The van der Waals surface area contributed by atoms with Crippen molar-refractivity contribution in [1.82, 2.24) is 19.5 Å². The van der Waals surface area contributed by atoms with Crippen molar-refractivity contribution in [3.05, 3.63) is 34.9 Å². The maximum atomic E-state index is 12.0. The molecule has 3 aromatic heterocycles. The predicted molar refractivity (Wildman–Crippen MR) is 77.6 cm³/mol. The van der Waals surface area contributed by atoms with Gasteiger partial charge in [0, 0.05) is 23.9 Å². The smallest absolute Gasteiger partial charge is 0.251 e. The molecule has 0 aromatic carbocycles. The largest absolute Gasteiger partial charge is 0.375 e. The monoisotopic (exact) mass is 285 g/mol. The summed E-state index contributed by atoms with van der Waals surface area (Å²) in [7, 11) is 0. The standard InChI is InChI=1S/C13H11N5OS/c14-13-17-11-12(20-13)16-9(6-15-11)7-3-4-18(8-1-2-8)10(19)5-7/h3-6,8H,1-2H2,(H2,14,15,17). The number of pyridine rings is 1. The molecule has 1 fully saturated rings. The van der Waals surface area contributed by atoms with Gasteiger partial charge in [-0.05, 0) is 18.9 Å². The number of nitrogens with zero attached hydrogens (tertiary/aromatic N) is 4. The quantitative estimate of drug-likeness (QED) is 0.776. The van der Waals surface area contributed by atoms with E-state index >= 15 is 0 Å². The van der Waals surface area contributed by atoms with Crippen LogP contribution in [0.1, 0.15) is 18.9 Å². The normalized spacial score (nSPS) is 14.8. The number of nitrogens with two attached hydrogens (primary N) is 1. The Balaban J connectivity index is 1.81. The van der Waals surface area contributed by atoms with Crippen molar-refractivity contribution in [1.29, 1.82) is 0 Å². The Kier molecular flexibility index (Phi) is 2.37. The highest BCUT2D eigenvalue weighted by Gasteiger charge is 2.24. The second-order valence-corrected chi connectivity index (χ2v) is 5.84. The lowest BCUT2D eigenvalue weighted by atomic mass is 10.2. The third-order valence-corrected chi connectivity index (χ3v) is 4.09. The molecule has 4 rings (SSSR count). The van der Waals surface area contributed by atoms with Gasteiger partial charge in [-0.15, -0.1) is 0 Å². The molecular weight excluding hydrogens is 274 g/mol. The van der Waals surface area contributed by atoms with Crippen LogP contribution in [0.3, 0.4) is 0 Å². The molecule has 1 aliphatic rings. The zero-order valence-corrected chi connectivity index (χ0v) is 11.3. The molecule has 1 aliphatic carbocycles. The molecule has 0 unspecified atom stereocenters. The maximum absolute atomic E-state index is 12.0. The van der Waals surface area contributed by atoms with Crippen LogP contribution in [-0.4, -0.2) is 19.5 Å². The van der Waals surface area contributed by atoms with Gasteiger partial charge in [0.1, 0.15) is 0 Å². The van der Waals surface area contributed by atoms with Crippen molar-refractivity contribution in [3.8, 4) is 11.3 Å². The van der Waals surface area contributed by atoms with Gasteiger partial charge in [-0.1, -0.05) is 11.3 Å². The van der Waals surface area contributed by atoms with E-state index in [1.165, 1.54) is 11.3 Å². The average molecular weight is 285 g/mol. The second kappa shape index (κ2) is 4.11. The lowest BCUT2D eigenvalue weighted by molar-refractivity contribution is 0.708. The third-order valence-electron chi connectivity index (χ3n) is 3.32. The number of thiazole rings is 1. The molecule has 20 heavy (non-hydrogen) atoms. The van der Waals surface area contributed by atoms with E-state index in [0.717, 1.165) is 18.4 Å². The number of aromatic nitrogens is 4. The first-order valence-corrected chi connectivity index (χ1v) is 7.14. The zero-order chi connectivity index (χ0) is 13.7. The van der Waals surface area contributed by atoms with Gasteiger partial charge in [0.2, 0.25) is 0 Å². The number of nitrogen functional groups attached to an aromatic ring is 1. The Labute approximate surface area is 117 Å². The number of hydrogen-bond donors (Lipinski definition) is 1. The summed E-state index contributed by atoms with van der Waals surface area (Å²) in [5, 5.41) is 0.446. The first-order valence-electron chi connectivity index (χ1n) is 6.32. The summed E-state index contributed by atoms with van der Waals surface area (Å²) in [5.41, 5.74) is 7.63. The Hall–Kier alpha value is -2.28. The summed E-state index contributed by atoms with van der Waals surface area (Å²) >= 11 is 1.29. The molecule has 0 amide bonds. The second-order valence-electron chi connectivity index (χ2n) is 4.83. The SMILES string of the molecule is Nc1nc2ncc(-c3ccn(C4CC4)c(=O)c3)nc2s1. The van der Waals surface area contributed by atoms with Gasteiger partial charge in [-0.2, -0.15) is 4.98 Å².